The predicted molar refractivity (Wildman–Crippen MR) is 101 cm³/mol. The fourth-order valence-electron chi connectivity index (χ4n) is 2.37. The first-order valence-corrected chi connectivity index (χ1v) is 8.63. The third-order valence-electron chi connectivity index (χ3n) is 3.73. The van der Waals surface area contributed by atoms with Gasteiger partial charge in [0.05, 0.1) is 31.0 Å². The van der Waals surface area contributed by atoms with Gasteiger partial charge in [-0.3, -0.25) is 4.79 Å². The number of methoxy groups -OCH3 is 2. The fraction of sp³-hybridized carbons (Fsp3) is 0.389. The van der Waals surface area contributed by atoms with E-state index in [0.717, 1.165) is 0 Å². The van der Waals surface area contributed by atoms with E-state index in [2.05, 4.69) is 10.4 Å². The minimum atomic E-state index is -1.03. The Hall–Kier alpha value is -2.74. The molecule has 1 aromatic heterocycles. The molecule has 9 heteroatoms. The molecule has 0 aliphatic rings. The Balaban J connectivity index is 2.10. The molecule has 0 bridgehead atoms. The Morgan fingerprint density at radius 3 is 2.48 bits per heavy atom. The van der Waals surface area contributed by atoms with Gasteiger partial charge in [-0.2, -0.15) is 5.10 Å². The lowest BCUT2D eigenvalue weighted by Crippen LogP contribution is -2.31. The molecule has 8 nitrogen and oxygen atoms in total. The SMILES string of the molecule is COc1cc(C(=O)O[C@H](C)C(=O)Nc2ccnn2C(C)C)cc(Cl)c1OC. The number of benzene rings is 1. The average Bonchev–Trinajstić information content (AvgIpc) is 3.09. The first-order valence-electron chi connectivity index (χ1n) is 8.25. The normalized spacial score (nSPS) is 11.8. The molecular weight excluding hydrogens is 374 g/mol. The first-order chi connectivity index (χ1) is 12.8. The van der Waals surface area contributed by atoms with Gasteiger partial charge in [0.2, 0.25) is 0 Å². The summed E-state index contributed by atoms with van der Waals surface area (Å²) in [6, 6.07) is 4.57. The Morgan fingerprint density at radius 1 is 1.19 bits per heavy atom. The van der Waals surface area contributed by atoms with E-state index in [1.54, 1.807) is 16.9 Å². The summed E-state index contributed by atoms with van der Waals surface area (Å²) in [6.45, 7) is 5.35. The Morgan fingerprint density at radius 2 is 1.89 bits per heavy atom. The van der Waals surface area contributed by atoms with E-state index in [9.17, 15) is 9.59 Å². The number of hydrogen-bond acceptors (Lipinski definition) is 6. The van der Waals surface area contributed by atoms with E-state index < -0.39 is 18.0 Å². The van der Waals surface area contributed by atoms with Crippen molar-refractivity contribution in [3.63, 3.8) is 0 Å². The third kappa shape index (κ3) is 4.71. The number of hydrogen-bond donors (Lipinski definition) is 1. The molecular formula is C18H22ClN3O5. The average molecular weight is 396 g/mol. The molecule has 0 aliphatic carbocycles. The summed E-state index contributed by atoms with van der Waals surface area (Å²) in [6.07, 6.45) is 0.553. The van der Waals surface area contributed by atoms with Crippen molar-refractivity contribution in [3.05, 3.63) is 35.0 Å². The zero-order valence-electron chi connectivity index (χ0n) is 15.8. The maximum atomic E-state index is 12.4. The molecule has 0 saturated heterocycles. The molecule has 0 unspecified atom stereocenters. The molecule has 1 N–H and O–H groups in total. The number of nitrogens with zero attached hydrogens (tertiary/aromatic N) is 2. The topological polar surface area (TPSA) is 91.7 Å². The van der Waals surface area contributed by atoms with E-state index in [0.29, 0.717) is 11.6 Å². The van der Waals surface area contributed by atoms with Gasteiger partial charge in [-0.25, -0.2) is 9.48 Å². The summed E-state index contributed by atoms with van der Waals surface area (Å²) in [5.41, 5.74) is 0.143. The largest absolute Gasteiger partial charge is 0.493 e. The standard InChI is InChI=1S/C18H22ClN3O5/c1-10(2)22-15(6-7-20-22)21-17(23)11(3)27-18(24)12-8-13(19)16(26-5)14(9-12)25-4/h6-11H,1-5H3,(H,21,23)/t11-/m1/s1. The van der Waals surface area contributed by atoms with Crippen molar-refractivity contribution < 1.29 is 23.8 Å². The Bertz CT molecular complexity index is 834. The Kier molecular flexibility index (Phi) is 6.68. The van der Waals surface area contributed by atoms with Crippen LogP contribution in [0.5, 0.6) is 11.5 Å². The van der Waals surface area contributed by atoms with Crippen LogP contribution in [-0.4, -0.2) is 42.0 Å². The number of amides is 1. The molecule has 0 aliphatic heterocycles. The minimum absolute atomic E-state index is 0.0714. The number of esters is 1. The number of rotatable bonds is 7. The van der Waals surface area contributed by atoms with Crippen LogP contribution in [0.15, 0.2) is 24.4 Å². The molecule has 0 fully saturated rings. The zero-order valence-corrected chi connectivity index (χ0v) is 16.5. The molecule has 0 radical (unpaired) electrons. The van der Waals surface area contributed by atoms with E-state index in [1.165, 1.54) is 33.3 Å². The van der Waals surface area contributed by atoms with Crippen molar-refractivity contribution in [3.8, 4) is 11.5 Å². The molecule has 27 heavy (non-hydrogen) atoms. The summed E-state index contributed by atoms with van der Waals surface area (Å²) in [5.74, 6) is -0.0689. The monoisotopic (exact) mass is 395 g/mol. The summed E-state index contributed by atoms with van der Waals surface area (Å²) < 4.78 is 17.2. The predicted octanol–water partition coefficient (Wildman–Crippen LogP) is 3.32. The number of aromatic nitrogens is 2. The Labute approximate surface area is 162 Å². The van der Waals surface area contributed by atoms with Gasteiger partial charge in [0.25, 0.3) is 5.91 Å². The molecule has 2 rings (SSSR count). The fourth-order valence-corrected chi connectivity index (χ4v) is 2.66. The quantitative estimate of drug-likeness (QED) is 0.723. The van der Waals surface area contributed by atoms with Gasteiger partial charge in [-0.15, -0.1) is 0 Å². The molecule has 1 amide bonds. The number of nitrogens with one attached hydrogen (secondary N) is 1. The molecule has 1 aromatic carbocycles. The highest BCUT2D eigenvalue weighted by atomic mass is 35.5. The number of anilines is 1. The third-order valence-corrected chi connectivity index (χ3v) is 4.01. The van der Waals surface area contributed by atoms with Crippen molar-refractivity contribution >= 4 is 29.3 Å². The minimum Gasteiger partial charge on any atom is -0.493 e. The van der Waals surface area contributed by atoms with Crippen LogP contribution in [0.3, 0.4) is 0 Å². The van der Waals surface area contributed by atoms with E-state index in [1.807, 2.05) is 13.8 Å². The van der Waals surface area contributed by atoms with Gasteiger partial charge in [-0.1, -0.05) is 11.6 Å². The second kappa shape index (κ2) is 8.77. The lowest BCUT2D eigenvalue weighted by atomic mass is 10.2. The van der Waals surface area contributed by atoms with Gasteiger partial charge in [0, 0.05) is 12.1 Å². The van der Waals surface area contributed by atoms with Crippen LogP contribution in [0, 0.1) is 0 Å². The van der Waals surface area contributed by atoms with E-state index in [4.69, 9.17) is 25.8 Å². The second-order valence-corrected chi connectivity index (χ2v) is 6.39. The highest BCUT2D eigenvalue weighted by Crippen LogP contribution is 2.36. The molecule has 2 aromatic rings. The van der Waals surface area contributed by atoms with Crippen LogP contribution in [0.2, 0.25) is 5.02 Å². The highest BCUT2D eigenvalue weighted by Gasteiger charge is 2.22. The lowest BCUT2D eigenvalue weighted by molar-refractivity contribution is -0.123. The zero-order chi connectivity index (χ0) is 20.1. The van der Waals surface area contributed by atoms with Crippen LogP contribution < -0.4 is 14.8 Å². The van der Waals surface area contributed by atoms with Gasteiger partial charge in [0.15, 0.2) is 17.6 Å². The molecule has 1 atom stereocenters. The van der Waals surface area contributed by atoms with Gasteiger partial charge in [0.1, 0.15) is 5.82 Å². The van der Waals surface area contributed by atoms with Crippen molar-refractivity contribution in [2.45, 2.75) is 32.9 Å². The van der Waals surface area contributed by atoms with Crippen molar-refractivity contribution in [1.29, 1.82) is 0 Å². The van der Waals surface area contributed by atoms with Crippen LogP contribution in [0.1, 0.15) is 37.2 Å². The number of ether oxygens (including phenoxy) is 3. The van der Waals surface area contributed by atoms with Crippen LogP contribution in [0.4, 0.5) is 5.82 Å². The first kappa shape index (κ1) is 20.6. The van der Waals surface area contributed by atoms with Crippen molar-refractivity contribution in [1.82, 2.24) is 9.78 Å². The number of carbonyl (C=O) groups is 2. The molecule has 0 spiro atoms. The summed E-state index contributed by atoms with van der Waals surface area (Å²) in [5, 5.41) is 7.03. The summed E-state index contributed by atoms with van der Waals surface area (Å²) in [7, 11) is 2.87. The summed E-state index contributed by atoms with van der Waals surface area (Å²) in [4.78, 5) is 24.7. The number of halogens is 1. The maximum absolute atomic E-state index is 12.4. The van der Waals surface area contributed by atoms with Crippen LogP contribution >= 0.6 is 11.6 Å². The van der Waals surface area contributed by atoms with Gasteiger partial charge >= 0.3 is 5.97 Å². The number of carbonyl (C=O) groups excluding carboxylic acids is 2. The lowest BCUT2D eigenvalue weighted by Gasteiger charge is -2.16. The molecule has 146 valence electrons. The van der Waals surface area contributed by atoms with Crippen LogP contribution in [0.25, 0.3) is 0 Å². The van der Waals surface area contributed by atoms with E-state index in [-0.39, 0.29) is 22.4 Å². The maximum Gasteiger partial charge on any atom is 0.339 e. The van der Waals surface area contributed by atoms with Crippen LogP contribution in [-0.2, 0) is 9.53 Å². The highest BCUT2D eigenvalue weighted by molar-refractivity contribution is 6.32. The summed E-state index contributed by atoms with van der Waals surface area (Å²) >= 11 is 6.10. The smallest absolute Gasteiger partial charge is 0.339 e. The van der Waals surface area contributed by atoms with Gasteiger partial charge < -0.3 is 19.5 Å². The van der Waals surface area contributed by atoms with Gasteiger partial charge in [-0.05, 0) is 32.9 Å². The second-order valence-electron chi connectivity index (χ2n) is 5.99. The van der Waals surface area contributed by atoms with Crippen molar-refractivity contribution in [2.75, 3.05) is 19.5 Å². The molecule has 0 saturated carbocycles. The van der Waals surface area contributed by atoms with Crippen molar-refractivity contribution in [2.24, 2.45) is 0 Å². The molecule has 1 heterocycles. The van der Waals surface area contributed by atoms with E-state index >= 15 is 0 Å².